The van der Waals surface area contributed by atoms with Gasteiger partial charge in [-0.05, 0) is 33.5 Å². The molecule has 0 aliphatic rings. The van der Waals surface area contributed by atoms with E-state index in [0.717, 1.165) is 25.6 Å². The first-order valence-corrected chi connectivity index (χ1v) is 5.74. The zero-order chi connectivity index (χ0) is 11.8. The fourth-order valence-electron chi connectivity index (χ4n) is 1.52. The molecule has 0 bridgehead atoms. The molecule has 0 saturated heterocycles. The van der Waals surface area contributed by atoms with Crippen LogP contribution < -0.4 is 5.32 Å². The molecule has 0 amide bonds. The molecular formula is C12H22N4. The maximum atomic E-state index is 4.26. The van der Waals surface area contributed by atoms with Gasteiger partial charge in [-0.25, -0.2) is 4.98 Å². The number of aromatic nitrogens is 2. The fourth-order valence-corrected chi connectivity index (χ4v) is 1.52. The Morgan fingerprint density at radius 2 is 2.31 bits per heavy atom. The highest BCUT2D eigenvalue weighted by atomic mass is 15.2. The maximum absolute atomic E-state index is 4.26. The SMILES string of the molecule is C=CCn1ccnc1NCCCCN(C)C. The monoisotopic (exact) mass is 222 g/mol. The molecule has 0 spiro atoms. The molecule has 0 radical (unpaired) electrons. The van der Waals surface area contributed by atoms with Gasteiger partial charge in [0.05, 0.1) is 0 Å². The Morgan fingerprint density at radius 1 is 1.50 bits per heavy atom. The van der Waals surface area contributed by atoms with Crippen LogP contribution in [0.1, 0.15) is 12.8 Å². The summed E-state index contributed by atoms with van der Waals surface area (Å²) < 4.78 is 2.05. The number of hydrogen-bond acceptors (Lipinski definition) is 3. The molecule has 0 unspecified atom stereocenters. The number of nitrogens with zero attached hydrogens (tertiary/aromatic N) is 3. The molecule has 0 aliphatic carbocycles. The summed E-state index contributed by atoms with van der Waals surface area (Å²) in [5, 5.41) is 3.34. The van der Waals surface area contributed by atoms with Gasteiger partial charge < -0.3 is 14.8 Å². The van der Waals surface area contributed by atoms with Gasteiger partial charge in [0.25, 0.3) is 0 Å². The zero-order valence-corrected chi connectivity index (χ0v) is 10.3. The van der Waals surface area contributed by atoms with Crippen LogP contribution in [0.5, 0.6) is 0 Å². The first-order chi connectivity index (χ1) is 7.74. The zero-order valence-electron chi connectivity index (χ0n) is 10.3. The van der Waals surface area contributed by atoms with Gasteiger partial charge in [-0.15, -0.1) is 6.58 Å². The second-order valence-electron chi connectivity index (χ2n) is 4.13. The van der Waals surface area contributed by atoms with Gasteiger partial charge in [0, 0.05) is 25.5 Å². The maximum Gasteiger partial charge on any atom is 0.203 e. The third kappa shape index (κ3) is 4.49. The average molecular weight is 222 g/mol. The lowest BCUT2D eigenvalue weighted by molar-refractivity contribution is 0.396. The van der Waals surface area contributed by atoms with E-state index < -0.39 is 0 Å². The molecule has 90 valence electrons. The number of hydrogen-bond donors (Lipinski definition) is 1. The van der Waals surface area contributed by atoms with E-state index in [-0.39, 0.29) is 0 Å². The molecule has 0 aliphatic heterocycles. The third-order valence-electron chi connectivity index (χ3n) is 2.36. The van der Waals surface area contributed by atoms with Crippen molar-refractivity contribution >= 4 is 5.95 Å². The molecule has 4 nitrogen and oxygen atoms in total. The summed E-state index contributed by atoms with van der Waals surface area (Å²) in [7, 11) is 4.20. The van der Waals surface area contributed by atoms with Crippen molar-refractivity contribution in [1.82, 2.24) is 14.5 Å². The minimum absolute atomic E-state index is 0.806. The van der Waals surface area contributed by atoms with Crippen LogP contribution in [0.2, 0.25) is 0 Å². The summed E-state index contributed by atoms with van der Waals surface area (Å²) in [5.74, 6) is 0.935. The van der Waals surface area contributed by atoms with Gasteiger partial charge in [-0.3, -0.25) is 0 Å². The number of imidazole rings is 1. The molecule has 1 aromatic heterocycles. The van der Waals surface area contributed by atoms with Crippen molar-refractivity contribution < 1.29 is 0 Å². The molecule has 0 saturated carbocycles. The molecule has 1 N–H and O–H groups in total. The minimum atomic E-state index is 0.806. The third-order valence-corrected chi connectivity index (χ3v) is 2.36. The van der Waals surface area contributed by atoms with E-state index in [4.69, 9.17) is 0 Å². The number of nitrogens with one attached hydrogen (secondary N) is 1. The van der Waals surface area contributed by atoms with E-state index in [2.05, 4.69) is 40.4 Å². The predicted molar refractivity (Wildman–Crippen MR) is 68.7 cm³/mol. The smallest absolute Gasteiger partial charge is 0.203 e. The Bertz CT molecular complexity index is 304. The molecule has 16 heavy (non-hydrogen) atoms. The van der Waals surface area contributed by atoms with Crippen LogP contribution in [0.15, 0.2) is 25.0 Å². The van der Waals surface area contributed by atoms with Crippen molar-refractivity contribution in [3.8, 4) is 0 Å². The van der Waals surface area contributed by atoms with Crippen LogP contribution in [0.4, 0.5) is 5.95 Å². The van der Waals surface area contributed by atoms with Crippen LogP contribution in [-0.4, -0.2) is 41.6 Å². The van der Waals surface area contributed by atoms with E-state index in [0.29, 0.717) is 0 Å². The van der Waals surface area contributed by atoms with Crippen LogP contribution in [0, 0.1) is 0 Å². The van der Waals surface area contributed by atoms with Crippen molar-refractivity contribution in [1.29, 1.82) is 0 Å². The highest BCUT2D eigenvalue weighted by Gasteiger charge is 1.99. The largest absolute Gasteiger partial charge is 0.356 e. The van der Waals surface area contributed by atoms with Crippen LogP contribution in [-0.2, 0) is 6.54 Å². The topological polar surface area (TPSA) is 33.1 Å². The minimum Gasteiger partial charge on any atom is -0.356 e. The number of rotatable bonds is 8. The Labute approximate surface area is 98.0 Å². The number of unbranched alkanes of at least 4 members (excludes halogenated alkanes) is 1. The number of anilines is 1. The normalized spacial score (nSPS) is 10.7. The fraction of sp³-hybridized carbons (Fsp3) is 0.583. The first-order valence-electron chi connectivity index (χ1n) is 5.74. The highest BCUT2D eigenvalue weighted by molar-refractivity contribution is 5.25. The van der Waals surface area contributed by atoms with Gasteiger partial charge in [-0.2, -0.15) is 0 Å². The molecule has 0 fully saturated rings. The van der Waals surface area contributed by atoms with Crippen molar-refractivity contribution in [3.63, 3.8) is 0 Å². The van der Waals surface area contributed by atoms with Crippen molar-refractivity contribution in [2.75, 3.05) is 32.5 Å². The van der Waals surface area contributed by atoms with E-state index in [1.807, 2.05) is 18.5 Å². The van der Waals surface area contributed by atoms with Gasteiger partial charge in [0.2, 0.25) is 5.95 Å². The lowest BCUT2D eigenvalue weighted by atomic mass is 10.3. The quantitative estimate of drug-likeness (QED) is 0.538. The molecule has 4 heteroatoms. The van der Waals surface area contributed by atoms with Crippen molar-refractivity contribution in [3.05, 3.63) is 25.0 Å². The Balaban J connectivity index is 2.21. The lowest BCUT2D eigenvalue weighted by Crippen LogP contribution is -2.15. The summed E-state index contributed by atoms with van der Waals surface area (Å²) in [6.07, 6.45) is 8.02. The summed E-state index contributed by atoms with van der Waals surface area (Å²) >= 11 is 0. The van der Waals surface area contributed by atoms with Gasteiger partial charge in [0.15, 0.2) is 0 Å². The van der Waals surface area contributed by atoms with E-state index in [1.165, 1.54) is 12.8 Å². The predicted octanol–water partition coefficient (Wildman–Crippen LogP) is 1.82. The molecule has 0 aromatic carbocycles. The van der Waals surface area contributed by atoms with Gasteiger partial charge >= 0.3 is 0 Å². The molecule has 0 atom stereocenters. The second kappa shape index (κ2) is 7.06. The van der Waals surface area contributed by atoms with Gasteiger partial charge in [-0.1, -0.05) is 6.08 Å². The Morgan fingerprint density at radius 3 is 3.00 bits per heavy atom. The number of allylic oxidation sites excluding steroid dienone is 1. The highest BCUT2D eigenvalue weighted by Crippen LogP contribution is 2.04. The van der Waals surface area contributed by atoms with E-state index in [9.17, 15) is 0 Å². The summed E-state index contributed by atoms with van der Waals surface area (Å²) in [4.78, 5) is 6.47. The van der Waals surface area contributed by atoms with E-state index in [1.54, 1.807) is 0 Å². The van der Waals surface area contributed by atoms with Crippen LogP contribution in [0.25, 0.3) is 0 Å². The summed E-state index contributed by atoms with van der Waals surface area (Å²) in [6, 6.07) is 0. The standard InChI is InChI=1S/C12H22N4/c1-4-9-16-11-8-14-12(16)13-7-5-6-10-15(2)3/h4,8,11H,1,5-7,9-10H2,2-3H3,(H,13,14). The van der Waals surface area contributed by atoms with Gasteiger partial charge in [0.1, 0.15) is 0 Å². The van der Waals surface area contributed by atoms with Crippen molar-refractivity contribution in [2.24, 2.45) is 0 Å². The van der Waals surface area contributed by atoms with Crippen LogP contribution >= 0.6 is 0 Å². The van der Waals surface area contributed by atoms with Crippen molar-refractivity contribution in [2.45, 2.75) is 19.4 Å². The first kappa shape index (κ1) is 12.8. The summed E-state index contributed by atoms with van der Waals surface area (Å²) in [6.45, 7) is 6.65. The van der Waals surface area contributed by atoms with E-state index >= 15 is 0 Å². The second-order valence-corrected chi connectivity index (χ2v) is 4.13. The lowest BCUT2D eigenvalue weighted by Gasteiger charge is -2.10. The average Bonchev–Trinajstić information content (AvgIpc) is 2.65. The Hall–Kier alpha value is -1.29. The van der Waals surface area contributed by atoms with Crippen LogP contribution in [0.3, 0.4) is 0 Å². The summed E-state index contributed by atoms with van der Waals surface area (Å²) in [5.41, 5.74) is 0. The molecule has 1 aromatic rings. The molecule has 1 rings (SSSR count). The Kier molecular flexibility index (Phi) is 5.64. The molecular weight excluding hydrogens is 200 g/mol. The molecule has 1 heterocycles.